The minimum Gasteiger partial charge on any atom is -0.464 e. The summed E-state index contributed by atoms with van der Waals surface area (Å²) in [5.41, 5.74) is 4.07. The highest BCUT2D eigenvalue weighted by Crippen LogP contribution is 2.21. The molecule has 0 aliphatic heterocycles. The van der Waals surface area contributed by atoms with Gasteiger partial charge in [0.1, 0.15) is 5.58 Å². The molecule has 0 saturated heterocycles. The number of carbonyl (C=O) groups is 1. The zero-order chi connectivity index (χ0) is 14.7. The number of fused-ring (bicyclic) bond motifs is 1. The predicted molar refractivity (Wildman–Crippen MR) is 82.9 cm³/mol. The number of hydrogen-bond acceptors (Lipinski definition) is 2. The highest BCUT2D eigenvalue weighted by Gasteiger charge is 2.10. The van der Waals surface area contributed by atoms with Crippen LogP contribution in [0.1, 0.15) is 16.7 Å². The molecular weight excluding hydrogens is 262 g/mol. The highest BCUT2D eigenvalue weighted by molar-refractivity contribution is 5.87. The first-order valence-electron chi connectivity index (χ1n) is 7.00. The number of aryl methyl sites for hydroxylation is 1. The largest absolute Gasteiger partial charge is 0.464 e. The first kappa shape index (κ1) is 13.4. The van der Waals surface area contributed by atoms with Crippen molar-refractivity contribution in [1.82, 2.24) is 5.32 Å². The van der Waals surface area contributed by atoms with E-state index in [4.69, 9.17) is 4.42 Å². The molecule has 1 heterocycles. The van der Waals surface area contributed by atoms with Crippen molar-refractivity contribution in [2.24, 2.45) is 0 Å². The molecule has 0 aliphatic rings. The van der Waals surface area contributed by atoms with Crippen molar-refractivity contribution in [2.45, 2.75) is 19.9 Å². The molecule has 0 atom stereocenters. The lowest BCUT2D eigenvalue weighted by molar-refractivity contribution is -0.120. The molecule has 106 valence electrons. The summed E-state index contributed by atoms with van der Waals surface area (Å²) in [5.74, 6) is 0.00445. The van der Waals surface area contributed by atoms with Gasteiger partial charge in [-0.3, -0.25) is 4.79 Å². The maximum Gasteiger partial charge on any atom is 0.224 e. The Hall–Kier alpha value is -2.55. The van der Waals surface area contributed by atoms with Gasteiger partial charge in [-0.05, 0) is 24.1 Å². The number of para-hydroxylation sites is 1. The van der Waals surface area contributed by atoms with E-state index < -0.39 is 0 Å². The van der Waals surface area contributed by atoms with Crippen LogP contribution in [0.15, 0.2) is 59.2 Å². The first-order valence-corrected chi connectivity index (χ1v) is 7.00. The second-order valence-corrected chi connectivity index (χ2v) is 5.14. The third kappa shape index (κ3) is 2.97. The van der Waals surface area contributed by atoms with E-state index >= 15 is 0 Å². The summed E-state index contributed by atoms with van der Waals surface area (Å²) in [6.45, 7) is 2.60. The van der Waals surface area contributed by atoms with Crippen LogP contribution in [0.2, 0.25) is 0 Å². The minimum atomic E-state index is 0.00445. The molecule has 3 rings (SSSR count). The molecule has 3 heteroatoms. The van der Waals surface area contributed by atoms with Crippen molar-refractivity contribution >= 4 is 16.9 Å². The Kier molecular flexibility index (Phi) is 3.73. The molecule has 0 unspecified atom stereocenters. The summed E-state index contributed by atoms with van der Waals surface area (Å²) in [4.78, 5) is 12.1. The van der Waals surface area contributed by atoms with E-state index in [2.05, 4.69) is 5.32 Å². The van der Waals surface area contributed by atoms with Crippen LogP contribution < -0.4 is 5.32 Å². The van der Waals surface area contributed by atoms with E-state index in [1.165, 1.54) is 5.56 Å². The van der Waals surface area contributed by atoms with Gasteiger partial charge in [0.15, 0.2) is 0 Å². The summed E-state index contributed by atoms with van der Waals surface area (Å²) < 4.78 is 5.45. The van der Waals surface area contributed by atoms with Gasteiger partial charge in [0.05, 0.1) is 12.7 Å². The van der Waals surface area contributed by atoms with Crippen LogP contribution in [0, 0.1) is 6.92 Å². The molecule has 0 spiro atoms. The number of benzene rings is 2. The molecule has 21 heavy (non-hydrogen) atoms. The van der Waals surface area contributed by atoms with Crippen LogP contribution in [-0.2, 0) is 17.8 Å². The van der Waals surface area contributed by atoms with Crippen LogP contribution >= 0.6 is 0 Å². The summed E-state index contributed by atoms with van der Waals surface area (Å²) in [5, 5.41) is 3.97. The average molecular weight is 279 g/mol. The van der Waals surface area contributed by atoms with Crippen LogP contribution in [0.3, 0.4) is 0 Å². The quantitative estimate of drug-likeness (QED) is 0.793. The second-order valence-electron chi connectivity index (χ2n) is 5.14. The van der Waals surface area contributed by atoms with Crippen LogP contribution in [-0.4, -0.2) is 5.91 Å². The fourth-order valence-corrected chi connectivity index (χ4v) is 2.41. The van der Waals surface area contributed by atoms with Gasteiger partial charge < -0.3 is 9.73 Å². The standard InChI is InChI=1S/C18H17NO2/c1-13-6-2-3-7-14(13)11-19-18(20)10-15-12-21-17-9-5-4-8-16(15)17/h2-9,12H,10-11H2,1H3,(H,19,20). The average Bonchev–Trinajstić information content (AvgIpc) is 2.90. The van der Waals surface area contributed by atoms with Gasteiger partial charge in [0.25, 0.3) is 0 Å². The minimum absolute atomic E-state index is 0.00445. The van der Waals surface area contributed by atoms with E-state index in [0.717, 1.165) is 22.1 Å². The second kappa shape index (κ2) is 5.83. The first-order chi connectivity index (χ1) is 10.2. The van der Waals surface area contributed by atoms with E-state index in [-0.39, 0.29) is 5.91 Å². The Balaban J connectivity index is 1.66. The molecule has 0 saturated carbocycles. The molecule has 0 radical (unpaired) electrons. The molecule has 0 fully saturated rings. The van der Waals surface area contributed by atoms with Crippen LogP contribution in [0.4, 0.5) is 0 Å². The molecule has 3 nitrogen and oxygen atoms in total. The molecule has 0 aliphatic carbocycles. The maximum atomic E-state index is 12.1. The zero-order valence-electron chi connectivity index (χ0n) is 11.9. The van der Waals surface area contributed by atoms with Gasteiger partial charge in [-0.1, -0.05) is 42.5 Å². The van der Waals surface area contributed by atoms with Gasteiger partial charge >= 0.3 is 0 Å². The topological polar surface area (TPSA) is 42.2 Å². The van der Waals surface area contributed by atoms with Gasteiger partial charge in [-0.15, -0.1) is 0 Å². The van der Waals surface area contributed by atoms with Gasteiger partial charge in [0, 0.05) is 17.5 Å². The van der Waals surface area contributed by atoms with Crippen molar-refractivity contribution in [2.75, 3.05) is 0 Å². The molecule has 1 N–H and O–H groups in total. The number of hydrogen-bond donors (Lipinski definition) is 1. The lowest BCUT2D eigenvalue weighted by Gasteiger charge is -2.07. The molecule has 1 amide bonds. The molecule has 2 aromatic carbocycles. The number of furan rings is 1. The Morgan fingerprint density at radius 2 is 1.81 bits per heavy atom. The Bertz CT molecular complexity index is 773. The van der Waals surface area contributed by atoms with E-state index in [0.29, 0.717) is 13.0 Å². The Labute approximate surface area is 123 Å². The van der Waals surface area contributed by atoms with Gasteiger partial charge in [0.2, 0.25) is 5.91 Å². The van der Waals surface area contributed by atoms with Gasteiger partial charge in [-0.25, -0.2) is 0 Å². The van der Waals surface area contributed by atoms with E-state index in [1.54, 1.807) is 6.26 Å². The fourth-order valence-electron chi connectivity index (χ4n) is 2.41. The van der Waals surface area contributed by atoms with E-state index in [9.17, 15) is 4.79 Å². The lowest BCUT2D eigenvalue weighted by atomic mass is 10.1. The van der Waals surface area contributed by atoms with Crippen molar-refractivity contribution in [3.8, 4) is 0 Å². The van der Waals surface area contributed by atoms with Crippen molar-refractivity contribution < 1.29 is 9.21 Å². The van der Waals surface area contributed by atoms with E-state index in [1.807, 2.05) is 55.5 Å². The SMILES string of the molecule is Cc1ccccc1CNC(=O)Cc1coc2ccccc12. The lowest BCUT2D eigenvalue weighted by Crippen LogP contribution is -2.24. The third-order valence-electron chi connectivity index (χ3n) is 3.65. The van der Waals surface area contributed by atoms with Crippen molar-refractivity contribution in [1.29, 1.82) is 0 Å². The van der Waals surface area contributed by atoms with Crippen LogP contribution in [0.25, 0.3) is 11.0 Å². The Morgan fingerprint density at radius 1 is 1.05 bits per heavy atom. The number of rotatable bonds is 4. The summed E-state index contributed by atoms with van der Waals surface area (Å²) in [6, 6.07) is 15.8. The third-order valence-corrected chi connectivity index (χ3v) is 3.65. The number of amides is 1. The fraction of sp³-hybridized carbons (Fsp3) is 0.167. The normalized spacial score (nSPS) is 10.7. The highest BCUT2D eigenvalue weighted by atomic mass is 16.3. The van der Waals surface area contributed by atoms with Crippen molar-refractivity contribution in [3.05, 3.63) is 71.5 Å². The zero-order valence-corrected chi connectivity index (χ0v) is 11.9. The molecule has 1 aromatic heterocycles. The number of nitrogens with one attached hydrogen (secondary N) is 1. The molecular formula is C18H17NO2. The molecule has 0 bridgehead atoms. The molecule has 3 aromatic rings. The monoisotopic (exact) mass is 279 g/mol. The smallest absolute Gasteiger partial charge is 0.224 e. The summed E-state index contributed by atoms with van der Waals surface area (Å²) in [7, 11) is 0. The van der Waals surface area contributed by atoms with Crippen LogP contribution in [0.5, 0.6) is 0 Å². The Morgan fingerprint density at radius 3 is 2.67 bits per heavy atom. The number of carbonyl (C=O) groups excluding carboxylic acids is 1. The summed E-state index contributed by atoms with van der Waals surface area (Å²) >= 11 is 0. The maximum absolute atomic E-state index is 12.1. The van der Waals surface area contributed by atoms with Gasteiger partial charge in [-0.2, -0.15) is 0 Å². The van der Waals surface area contributed by atoms with Crippen molar-refractivity contribution in [3.63, 3.8) is 0 Å². The summed E-state index contributed by atoms with van der Waals surface area (Å²) in [6.07, 6.45) is 2.00. The predicted octanol–water partition coefficient (Wildman–Crippen LogP) is 3.60.